The van der Waals surface area contributed by atoms with Crippen molar-refractivity contribution in [2.24, 2.45) is 0 Å². The molecule has 1 aromatic heterocycles. The van der Waals surface area contributed by atoms with E-state index in [9.17, 15) is 18.0 Å². The number of hydrogen-bond acceptors (Lipinski definition) is 5. The number of aromatic amines is 1. The standard InChI is InChI=1S/C24H26FN3O5S/c1-24(2,3)18-14-19(28-13-12-20(29)26-23(28)30)21(25)17(22(18)33-4)11-8-15-6-9-16(10-7-15)27-34(5,31)32/h6-14,27H,1-5H3,(H,26,29,30)/b11-8+. The third-order valence-electron chi connectivity index (χ3n) is 4.98. The largest absolute Gasteiger partial charge is 0.496 e. The van der Waals surface area contributed by atoms with Crippen molar-refractivity contribution in [3.63, 3.8) is 0 Å². The number of H-pyrrole nitrogens is 1. The third kappa shape index (κ3) is 5.63. The molecule has 0 bridgehead atoms. The molecule has 2 N–H and O–H groups in total. The fourth-order valence-electron chi connectivity index (χ4n) is 3.41. The molecule has 3 rings (SSSR count). The highest BCUT2D eigenvalue weighted by molar-refractivity contribution is 7.92. The average molecular weight is 488 g/mol. The smallest absolute Gasteiger partial charge is 0.333 e. The summed E-state index contributed by atoms with van der Waals surface area (Å²) in [6.07, 6.45) is 5.46. The van der Waals surface area contributed by atoms with Crippen molar-refractivity contribution in [1.82, 2.24) is 9.55 Å². The van der Waals surface area contributed by atoms with Crippen LogP contribution in [0.4, 0.5) is 10.1 Å². The summed E-state index contributed by atoms with van der Waals surface area (Å²) in [5.74, 6) is -0.386. The summed E-state index contributed by atoms with van der Waals surface area (Å²) in [6.45, 7) is 5.80. The molecule has 0 spiro atoms. The minimum Gasteiger partial charge on any atom is -0.496 e. The average Bonchev–Trinajstić information content (AvgIpc) is 2.72. The molecule has 8 nitrogen and oxygen atoms in total. The molecule has 1 heterocycles. The first kappa shape index (κ1) is 25.0. The van der Waals surface area contributed by atoms with Gasteiger partial charge < -0.3 is 4.74 Å². The third-order valence-corrected chi connectivity index (χ3v) is 5.59. The number of nitrogens with one attached hydrogen (secondary N) is 2. The molecule has 3 aromatic rings. The van der Waals surface area contributed by atoms with Crippen LogP contribution in [0, 0.1) is 5.82 Å². The molecule has 0 saturated carbocycles. The minimum atomic E-state index is -3.40. The maximum atomic E-state index is 15.7. The molecule has 0 atom stereocenters. The molecule has 0 fully saturated rings. The van der Waals surface area contributed by atoms with Crippen molar-refractivity contribution in [3.8, 4) is 11.4 Å². The lowest BCUT2D eigenvalue weighted by atomic mass is 9.84. The number of anilines is 1. The summed E-state index contributed by atoms with van der Waals surface area (Å²) < 4.78 is 47.5. The van der Waals surface area contributed by atoms with Crippen LogP contribution in [-0.4, -0.2) is 31.3 Å². The number of sulfonamides is 1. The van der Waals surface area contributed by atoms with Gasteiger partial charge in [-0.1, -0.05) is 39.0 Å². The zero-order valence-electron chi connectivity index (χ0n) is 19.5. The van der Waals surface area contributed by atoms with Crippen molar-refractivity contribution in [2.45, 2.75) is 26.2 Å². The highest BCUT2D eigenvalue weighted by Gasteiger charge is 2.26. The molecule has 0 aliphatic carbocycles. The van der Waals surface area contributed by atoms with Crippen LogP contribution in [0.3, 0.4) is 0 Å². The van der Waals surface area contributed by atoms with Gasteiger partial charge in [-0.3, -0.25) is 19.1 Å². The van der Waals surface area contributed by atoms with Gasteiger partial charge in [-0.2, -0.15) is 0 Å². The Morgan fingerprint density at radius 1 is 1.09 bits per heavy atom. The van der Waals surface area contributed by atoms with E-state index >= 15 is 4.39 Å². The van der Waals surface area contributed by atoms with Gasteiger partial charge in [-0.05, 0) is 35.3 Å². The van der Waals surface area contributed by atoms with Crippen molar-refractivity contribution in [3.05, 3.63) is 85.9 Å². The van der Waals surface area contributed by atoms with E-state index in [0.29, 0.717) is 22.6 Å². The minimum absolute atomic E-state index is 0.0284. The topological polar surface area (TPSA) is 110 Å². The number of aromatic nitrogens is 2. The number of ether oxygens (including phenoxy) is 1. The van der Waals surface area contributed by atoms with E-state index in [1.807, 2.05) is 20.8 Å². The quantitative estimate of drug-likeness (QED) is 0.517. The van der Waals surface area contributed by atoms with Crippen LogP contribution in [0.25, 0.3) is 17.8 Å². The van der Waals surface area contributed by atoms with Crippen LogP contribution in [0.15, 0.2) is 52.2 Å². The summed E-state index contributed by atoms with van der Waals surface area (Å²) in [7, 11) is -1.96. The molecule has 34 heavy (non-hydrogen) atoms. The summed E-state index contributed by atoms with van der Waals surface area (Å²) in [6, 6.07) is 9.21. The van der Waals surface area contributed by atoms with Crippen molar-refractivity contribution in [1.29, 1.82) is 0 Å². The van der Waals surface area contributed by atoms with Crippen LogP contribution in [-0.2, 0) is 15.4 Å². The molecule has 0 amide bonds. The molecule has 0 aliphatic heterocycles. The first-order valence-corrected chi connectivity index (χ1v) is 12.2. The summed E-state index contributed by atoms with van der Waals surface area (Å²) in [5, 5.41) is 0. The molecule has 0 unspecified atom stereocenters. The Morgan fingerprint density at radius 3 is 2.26 bits per heavy atom. The Kier molecular flexibility index (Phi) is 6.83. The molecule has 180 valence electrons. The highest BCUT2D eigenvalue weighted by atomic mass is 32.2. The zero-order chi connectivity index (χ0) is 25.3. The number of hydrogen-bond donors (Lipinski definition) is 2. The summed E-state index contributed by atoms with van der Waals surface area (Å²) in [5.41, 5.74) is 0.0431. The summed E-state index contributed by atoms with van der Waals surface area (Å²) >= 11 is 0. The van der Waals surface area contributed by atoms with Gasteiger partial charge in [0.2, 0.25) is 10.0 Å². The van der Waals surface area contributed by atoms with Crippen LogP contribution < -0.4 is 20.7 Å². The SMILES string of the molecule is COc1c(C(C)(C)C)cc(-n2ccc(=O)[nH]c2=O)c(F)c1/C=C/c1ccc(NS(C)(=O)=O)cc1. The normalized spacial score (nSPS) is 12.2. The fraction of sp³-hybridized carbons (Fsp3) is 0.250. The monoisotopic (exact) mass is 487 g/mol. The van der Waals surface area contributed by atoms with Gasteiger partial charge in [0.25, 0.3) is 5.56 Å². The van der Waals surface area contributed by atoms with E-state index < -0.39 is 32.5 Å². The molecule has 0 aliphatic rings. The van der Waals surface area contributed by atoms with Crippen LogP contribution >= 0.6 is 0 Å². The lowest BCUT2D eigenvalue weighted by Gasteiger charge is -2.25. The maximum Gasteiger partial charge on any atom is 0.333 e. The molecular weight excluding hydrogens is 461 g/mol. The van der Waals surface area contributed by atoms with Crippen LogP contribution in [0.1, 0.15) is 37.5 Å². The van der Waals surface area contributed by atoms with Crippen LogP contribution in [0.2, 0.25) is 0 Å². The predicted molar refractivity (Wildman–Crippen MR) is 132 cm³/mol. The second-order valence-electron chi connectivity index (χ2n) is 8.76. The van der Waals surface area contributed by atoms with Crippen molar-refractivity contribution < 1.29 is 17.5 Å². The zero-order valence-corrected chi connectivity index (χ0v) is 20.3. The first-order chi connectivity index (χ1) is 15.8. The van der Waals surface area contributed by atoms with Crippen molar-refractivity contribution in [2.75, 3.05) is 18.1 Å². The van der Waals surface area contributed by atoms with Gasteiger partial charge in [-0.15, -0.1) is 0 Å². The van der Waals surface area contributed by atoms with Gasteiger partial charge >= 0.3 is 5.69 Å². The number of methoxy groups -OCH3 is 1. The number of halogens is 1. The maximum absolute atomic E-state index is 15.7. The highest BCUT2D eigenvalue weighted by Crippen LogP contribution is 2.39. The van der Waals surface area contributed by atoms with Gasteiger partial charge in [0.15, 0.2) is 5.82 Å². The van der Waals surface area contributed by atoms with Gasteiger partial charge in [0.1, 0.15) is 5.75 Å². The van der Waals surface area contributed by atoms with E-state index in [1.165, 1.54) is 25.4 Å². The Balaban J connectivity index is 2.17. The lowest BCUT2D eigenvalue weighted by Crippen LogP contribution is -2.28. The number of benzene rings is 2. The van der Waals surface area contributed by atoms with E-state index in [-0.39, 0.29) is 11.3 Å². The molecule has 0 radical (unpaired) electrons. The molecular formula is C24H26FN3O5S. The number of rotatable bonds is 6. The number of nitrogens with zero attached hydrogens (tertiary/aromatic N) is 1. The Morgan fingerprint density at radius 2 is 1.74 bits per heavy atom. The van der Waals surface area contributed by atoms with Gasteiger partial charge in [0.05, 0.1) is 24.6 Å². The van der Waals surface area contributed by atoms with Gasteiger partial charge in [0, 0.05) is 23.5 Å². The molecule has 10 heteroatoms. The van der Waals surface area contributed by atoms with E-state index in [0.717, 1.165) is 16.9 Å². The molecule has 2 aromatic carbocycles. The Bertz CT molecular complexity index is 1460. The van der Waals surface area contributed by atoms with Crippen LogP contribution in [0.5, 0.6) is 5.75 Å². The molecule has 0 saturated heterocycles. The fourth-order valence-corrected chi connectivity index (χ4v) is 3.98. The van der Waals surface area contributed by atoms with Crippen molar-refractivity contribution >= 4 is 27.9 Å². The van der Waals surface area contributed by atoms with Gasteiger partial charge in [-0.25, -0.2) is 17.6 Å². The second-order valence-corrected chi connectivity index (χ2v) is 10.5. The van der Waals surface area contributed by atoms with E-state index in [1.54, 1.807) is 30.3 Å². The Hall–Kier alpha value is -3.66. The summed E-state index contributed by atoms with van der Waals surface area (Å²) in [4.78, 5) is 26.0. The van der Waals surface area contributed by atoms with E-state index in [4.69, 9.17) is 4.74 Å². The Labute approximate surface area is 196 Å². The lowest BCUT2D eigenvalue weighted by molar-refractivity contribution is 0.392. The second kappa shape index (κ2) is 9.30. The predicted octanol–water partition coefficient (Wildman–Crippen LogP) is 3.51. The first-order valence-electron chi connectivity index (χ1n) is 10.3. The van der Waals surface area contributed by atoms with E-state index in [2.05, 4.69) is 9.71 Å².